The lowest BCUT2D eigenvalue weighted by Crippen LogP contribution is -2.33. The van der Waals surface area contributed by atoms with E-state index in [1.165, 1.54) is 10.9 Å². The topological polar surface area (TPSA) is 174 Å². The molecule has 0 saturated carbocycles. The van der Waals surface area contributed by atoms with Crippen LogP contribution >= 0.6 is 0 Å². The van der Waals surface area contributed by atoms with Gasteiger partial charge in [0, 0.05) is 0 Å². The van der Waals surface area contributed by atoms with Gasteiger partial charge in [0.05, 0.1) is 12.9 Å². The largest absolute Gasteiger partial charge is 0.394 e. The number of nitrogen functional groups attached to an aromatic ring is 1. The predicted octanol–water partition coefficient (Wildman–Crippen LogP) is -2.97. The second-order valence-electron chi connectivity index (χ2n) is 5.34. The fourth-order valence-electron chi connectivity index (χ4n) is 2.74. The molecule has 0 unspecified atom stereocenters. The third-order valence-corrected chi connectivity index (χ3v) is 3.96. The van der Waals surface area contributed by atoms with Crippen LogP contribution in [-0.4, -0.2) is 69.1 Å². The Balaban J connectivity index is 1.93. The number of nitrogens with zero attached hydrogens (tertiary/aromatic N) is 6. The molecule has 12 nitrogen and oxygen atoms in total. The van der Waals surface area contributed by atoms with E-state index in [0.29, 0.717) is 0 Å². The highest BCUT2D eigenvalue weighted by Gasteiger charge is 2.44. The number of nitrogens with two attached hydrogens (primary N) is 1. The first-order chi connectivity index (χ1) is 11.5. The zero-order valence-electron chi connectivity index (χ0n) is 12.1. The van der Waals surface area contributed by atoms with Crippen LogP contribution in [0.15, 0.2) is 17.4 Å². The van der Waals surface area contributed by atoms with Crippen LogP contribution in [0.3, 0.4) is 0 Å². The second kappa shape index (κ2) is 5.17. The molecule has 0 aliphatic carbocycles. The van der Waals surface area contributed by atoms with Crippen molar-refractivity contribution >= 4 is 22.9 Å². The SMILES string of the molecule is Nc1ncnc2nc3c(ncn3[C@@H]3O[C@H](CO)[C@@H](O)[C@H]3O)c(=O)n12. The Morgan fingerprint density at radius 1 is 1.25 bits per heavy atom. The Morgan fingerprint density at radius 2 is 2.04 bits per heavy atom. The molecule has 1 fully saturated rings. The number of ether oxygens (including phenoxy) is 1. The minimum Gasteiger partial charge on any atom is -0.394 e. The van der Waals surface area contributed by atoms with Crippen LogP contribution in [0.2, 0.25) is 0 Å². The van der Waals surface area contributed by atoms with Crippen LogP contribution in [0.5, 0.6) is 0 Å². The van der Waals surface area contributed by atoms with E-state index in [1.54, 1.807) is 0 Å². The van der Waals surface area contributed by atoms with Gasteiger partial charge in [-0.25, -0.2) is 19.4 Å². The van der Waals surface area contributed by atoms with E-state index in [-0.39, 0.29) is 22.9 Å². The van der Waals surface area contributed by atoms with E-state index < -0.39 is 36.7 Å². The minimum absolute atomic E-state index is 0.00786. The maximum atomic E-state index is 12.5. The number of aromatic nitrogens is 6. The number of rotatable bonds is 2. The fraction of sp³-hybridized carbons (Fsp3) is 0.417. The van der Waals surface area contributed by atoms with Gasteiger partial charge in [-0.3, -0.25) is 9.36 Å². The summed E-state index contributed by atoms with van der Waals surface area (Å²) in [5.41, 5.74) is 5.18. The van der Waals surface area contributed by atoms with E-state index in [9.17, 15) is 20.1 Å². The number of aliphatic hydroxyl groups is 3. The van der Waals surface area contributed by atoms with Crippen LogP contribution < -0.4 is 11.3 Å². The number of hydrogen-bond donors (Lipinski definition) is 4. The highest BCUT2D eigenvalue weighted by atomic mass is 16.6. The molecule has 0 bridgehead atoms. The molecular weight excluding hydrogens is 322 g/mol. The molecule has 0 radical (unpaired) electrons. The van der Waals surface area contributed by atoms with Gasteiger partial charge in [0.1, 0.15) is 24.6 Å². The molecule has 1 saturated heterocycles. The fourth-order valence-corrected chi connectivity index (χ4v) is 2.74. The average molecular weight is 335 g/mol. The van der Waals surface area contributed by atoms with Crippen LogP contribution in [0.4, 0.5) is 5.95 Å². The molecule has 0 spiro atoms. The normalized spacial score (nSPS) is 27.3. The summed E-state index contributed by atoms with van der Waals surface area (Å²) in [4.78, 5) is 28.3. The molecule has 5 N–H and O–H groups in total. The Morgan fingerprint density at radius 3 is 2.75 bits per heavy atom. The highest BCUT2D eigenvalue weighted by Crippen LogP contribution is 2.30. The quantitative estimate of drug-likeness (QED) is 0.378. The van der Waals surface area contributed by atoms with Crippen molar-refractivity contribution in [2.24, 2.45) is 0 Å². The van der Waals surface area contributed by atoms with Gasteiger partial charge in [0.25, 0.3) is 5.56 Å². The van der Waals surface area contributed by atoms with Crippen molar-refractivity contribution in [2.45, 2.75) is 24.5 Å². The molecule has 1 aliphatic heterocycles. The van der Waals surface area contributed by atoms with Gasteiger partial charge < -0.3 is 25.8 Å². The standard InChI is InChI=1S/C12H13N7O5/c13-11-14-2-15-12-17-8-5(9(23)19(11)12)16-3-18(8)10-7(22)6(21)4(1-20)24-10/h2-4,6-7,10,20-22H,1H2,(H2,13,14,15,17)/t4-,6-,7-,10-/m1/s1. The monoisotopic (exact) mass is 335 g/mol. The molecule has 1 aliphatic rings. The molecular formula is C12H13N7O5. The van der Waals surface area contributed by atoms with Crippen LogP contribution in [0, 0.1) is 0 Å². The second-order valence-corrected chi connectivity index (χ2v) is 5.34. The van der Waals surface area contributed by atoms with Crippen LogP contribution in [0.1, 0.15) is 6.23 Å². The Kier molecular flexibility index (Phi) is 3.21. The number of imidazole rings is 1. The summed E-state index contributed by atoms with van der Waals surface area (Å²) < 4.78 is 7.74. The van der Waals surface area contributed by atoms with Crippen molar-refractivity contribution in [1.82, 2.24) is 28.9 Å². The molecule has 0 aromatic carbocycles. The summed E-state index contributed by atoms with van der Waals surface area (Å²) in [6, 6.07) is 0. The van der Waals surface area contributed by atoms with Gasteiger partial charge in [-0.1, -0.05) is 0 Å². The van der Waals surface area contributed by atoms with Crippen molar-refractivity contribution in [3.05, 3.63) is 23.0 Å². The number of hydrogen-bond acceptors (Lipinski definition) is 10. The summed E-state index contributed by atoms with van der Waals surface area (Å²) in [5, 5.41) is 29.2. The number of anilines is 1. The Bertz CT molecular complexity index is 985. The minimum atomic E-state index is -1.32. The van der Waals surface area contributed by atoms with E-state index in [2.05, 4.69) is 19.9 Å². The third-order valence-electron chi connectivity index (χ3n) is 3.96. The summed E-state index contributed by atoms with van der Waals surface area (Å²) in [5.74, 6) is -0.0737. The molecule has 126 valence electrons. The molecule has 24 heavy (non-hydrogen) atoms. The first kappa shape index (κ1) is 14.9. The smallest absolute Gasteiger partial charge is 0.290 e. The van der Waals surface area contributed by atoms with E-state index >= 15 is 0 Å². The maximum absolute atomic E-state index is 12.5. The Labute approximate surface area is 132 Å². The van der Waals surface area contributed by atoms with Gasteiger partial charge in [-0.2, -0.15) is 4.98 Å². The highest BCUT2D eigenvalue weighted by molar-refractivity contribution is 5.72. The molecule has 0 amide bonds. The van der Waals surface area contributed by atoms with Gasteiger partial charge in [0.15, 0.2) is 17.4 Å². The zero-order valence-corrected chi connectivity index (χ0v) is 12.1. The molecule has 12 heteroatoms. The van der Waals surface area contributed by atoms with Gasteiger partial charge in [-0.05, 0) is 0 Å². The zero-order chi connectivity index (χ0) is 17.0. The van der Waals surface area contributed by atoms with Gasteiger partial charge in [-0.15, -0.1) is 0 Å². The first-order valence-corrected chi connectivity index (χ1v) is 7.01. The van der Waals surface area contributed by atoms with Crippen molar-refractivity contribution in [3.63, 3.8) is 0 Å². The average Bonchev–Trinajstić information content (AvgIpc) is 3.10. The van der Waals surface area contributed by atoms with Crippen molar-refractivity contribution in [2.75, 3.05) is 12.3 Å². The van der Waals surface area contributed by atoms with Crippen molar-refractivity contribution in [1.29, 1.82) is 0 Å². The van der Waals surface area contributed by atoms with E-state index in [4.69, 9.17) is 10.5 Å². The molecule has 4 atom stereocenters. The molecule has 3 aromatic rings. The lowest BCUT2D eigenvalue weighted by atomic mass is 10.1. The molecule has 4 rings (SSSR count). The summed E-state index contributed by atoms with van der Waals surface area (Å²) >= 11 is 0. The number of fused-ring (bicyclic) bond motifs is 2. The van der Waals surface area contributed by atoms with Crippen LogP contribution in [0.25, 0.3) is 16.9 Å². The van der Waals surface area contributed by atoms with E-state index in [0.717, 1.165) is 10.7 Å². The summed E-state index contributed by atoms with van der Waals surface area (Å²) in [6.45, 7) is -0.468. The van der Waals surface area contributed by atoms with Crippen LogP contribution in [-0.2, 0) is 4.74 Å². The maximum Gasteiger partial charge on any atom is 0.290 e. The first-order valence-electron chi connectivity index (χ1n) is 7.01. The van der Waals surface area contributed by atoms with E-state index in [1.807, 2.05) is 0 Å². The Hall–Kier alpha value is -2.67. The van der Waals surface area contributed by atoms with Crippen molar-refractivity contribution < 1.29 is 20.1 Å². The lowest BCUT2D eigenvalue weighted by molar-refractivity contribution is -0.0511. The summed E-state index contributed by atoms with van der Waals surface area (Å²) in [7, 11) is 0. The van der Waals surface area contributed by atoms with Gasteiger partial charge in [0.2, 0.25) is 11.7 Å². The number of aliphatic hydroxyl groups excluding tert-OH is 3. The summed E-state index contributed by atoms with van der Waals surface area (Å²) in [6.07, 6.45) is -2.21. The third kappa shape index (κ3) is 1.91. The molecule has 4 heterocycles. The lowest BCUT2D eigenvalue weighted by Gasteiger charge is -2.16. The van der Waals surface area contributed by atoms with Crippen molar-refractivity contribution in [3.8, 4) is 0 Å². The molecule has 3 aromatic heterocycles. The van der Waals surface area contributed by atoms with Gasteiger partial charge >= 0.3 is 0 Å². The predicted molar refractivity (Wildman–Crippen MR) is 77.8 cm³/mol.